The van der Waals surface area contributed by atoms with Gasteiger partial charge in [-0.25, -0.2) is 9.97 Å². The molecule has 0 fully saturated rings. The summed E-state index contributed by atoms with van der Waals surface area (Å²) < 4.78 is 4.58. The molecule has 56 heavy (non-hydrogen) atoms. The molecule has 0 radical (unpaired) electrons. The van der Waals surface area contributed by atoms with E-state index in [-0.39, 0.29) is 0 Å². The van der Waals surface area contributed by atoms with Crippen LogP contribution in [-0.4, -0.2) is 19.1 Å². The van der Waals surface area contributed by atoms with Gasteiger partial charge in [-0.2, -0.15) is 0 Å². The summed E-state index contributed by atoms with van der Waals surface area (Å²) in [5.41, 5.74) is 14.2. The zero-order chi connectivity index (χ0) is 37.0. The first-order valence-corrected chi connectivity index (χ1v) is 19.0. The highest BCUT2D eigenvalue weighted by atomic mass is 15.2. The highest BCUT2D eigenvalue weighted by molar-refractivity contribution is 6.12. The first-order valence-electron chi connectivity index (χ1n) is 19.0. The topological polar surface area (TPSA) is 35.6 Å². The van der Waals surface area contributed by atoms with E-state index in [4.69, 9.17) is 9.97 Å². The van der Waals surface area contributed by atoms with Crippen molar-refractivity contribution in [2.75, 3.05) is 0 Å². The molecule has 0 unspecified atom stereocenters. The Kier molecular flexibility index (Phi) is 7.46. The molecule has 0 spiro atoms. The highest BCUT2D eigenvalue weighted by Crippen LogP contribution is 2.38. The van der Waals surface area contributed by atoms with Crippen LogP contribution in [0.1, 0.15) is 0 Å². The van der Waals surface area contributed by atoms with E-state index in [0.717, 1.165) is 55.6 Å². The fourth-order valence-electron chi connectivity index (χ4n) is 8.28. The molecule has 0 bridgehead atoms. The van der Waals surface area contributed by atoms with E-state index in [0.29, 0.717) is 5.95 Å². The summed E-state index contributed by atoms with van der Waals surface area (Å²) in [6.07, 6.45) is 0. The molecule has 3 aromatic heterocycles. The number of hydrogen-bond donors (Lipinski definition) is 0. The van der Waals surface area contributed by atoms with Crippen molar-refractivity contribution < 1.29 is 0 Å². The van der Waals surface area contributed by atoms with Gasteiger partial charge in [0, 0.05) is 38.4 Å². The van der Waals surface area contributed by atoms with Crippen LogP contribution < -0.4 is 0 Å². The number of aromatic nitrogens is 4. The molecule has 0 atom stereocenters. The maximum atomic E-state index is 5.29. The molecular formula is C52H34N4. The maximum Gasteiger partial charge on any atom is 0.235 e. The van der Waals surface area contributed by atoms with Crippen molar-refractivity contribution in [3.05, 3.63) is 206 Å². The molecule has 0 aliphatic rings. The zero-order valence-electron chi connectivity index (χ0n) is 30.4. The standard InChI is InChI=1S/C52H34N4/c1-4-14-35(15-5-1)36-24-26-38(27-25-36)47-34-46(37-16-6-2-7-17-37)53-52(54-47)56-49-23-13-11-21-43(49)45-33-40(29-31-51(45)56)39-28-30-50-44(32-39)42-20-10-12-22-48(42)55(50)41-18-8-3-9-19-41/h1-34H. The Morgan fingerprint density at radius 1 is 0.268 bits per heavy atom. The summed E-state index contributed by atoms with van der Waals surface area (Å²) in [6, 6.07) is 73.2. The lowest BCUT2D eigenvalue weighted by molar-refractivity contribution is 0.995. The largest absolute Gasteiger partial charge is 0.309 e. The normalized spacial score (nSPS) is 11.6. The van der Waals surface area contributed by atoms with Crippen molar-refractivity contribution in [1.82, 2.24) is 19.1 Å². The van der Waals surface area contributed by atoms with Crippen LogP contribution in [0.4, 0.5) is 0 Å². The smallest absolute Gasteiger partial charge is 0.235 e. The first kappa shape index (κ1) is 31.9. The summed E-state index contributed by atoms with van der Waals surface area (Å²) in [5, 5.41) is 4.80. The van der Waals surface area contributed by atoms with Gasteiger partial charge in [0.05, 0.1) is 33.5 Å². The third-order valence-corrected chi connectivity index (χ3v) is 11.0. The minimum atomic E-state index is 0.641. The summed E-state index contributed by atoms with van der Waals surface area (Å²) in [7, 11) is 0. The fourth-order valence-corrected chi connectivity index (χ4v) is 8.28. The molecule has 0 aliphatic heterocycles. The molecule has 3 heterocycles. The summed E-state index contributed by atoms with van der Waals surface area (Å²) in [5.74, 6) is 0.641. The molecule has 4 nitrogen and oxygen atoms in total. The second-order valence-corrected chi connectivity index (χ2v) is 14.3. The van der Waals surface area contributed by atoms with Crippen LogP contribution in [0.15, 0.2) is 206 Å². The van der Waals surface area contributed by atoms with Crippen molar-refractivity contribution in [3.63, 3.8) is 0 Å². The Morgan fingerprint density at radius 2 is 0.661 bits per heavy atom. The average Bonchev–Trinajstić information content (AvgIpc) is 3.79. The van der Waals surface area contributed by atoms with Gasteiger partial charge in [-0.3, -0.25) is 4.57 Å². The van der Waals surface area contributed by atoms with Gasteiger partial charge in [0.2, 0.25) is 5.95 Å². The van der Waals surface area contributed by atoms with Gasteiger partial charge in [0.25, 0.3) is 0 Å². The Hall–Kier alpha value is -7.56. The minimum absolute atomic E-state index is 0.641. The first-order chi connectivity index (χ1) is 27.8. The number of benzene rings is 8. The predicted octanol–water partition coefficient (Wildman–Crippen LogP) is 13.3. The van der Waals surface area contributed by atoms with Crippen LogP contribution in [-0.2, 0) is 0 Å². The average molecular weight is 715 g/mol. The zero-order valence-corrected chi connectivity index (χ0v) is 30.4. The minimum Gasteiger partial charge on any atom is -0.309 e. The van der Waals surface area contributed by atoms with Crippen molar-refractivity contribution in [2.45, 2.75) is 0 Å². The van der Waals surface area contributed by atoms with E-state index < -0.39 is 0 Å². The van der Waals surface area contributed by atoms with Gasteiger partial charge in [-0.05, 0) is 76.9 Å². The molecule has 0 saturated carbocycles. The molecule has 0 aliphatic carbocycles. The quantitative estimate of drug-likeness (QED) is 0.172. The van der Waals surface area contributed by atoms with Crippen molar-refractivity contribution in [1.29, 1.82) is 0 Å². The molecule has 262 valence electrons. The molecule has 0 N–H and O–H groups in total. The van der Waals surface area contributed by atoms with Crippen LogP contribution >= 0.6 is 0 Å². The Morgan fingerprint density at radius 3 is 1.25 bits per heavy atom. The molecule has 4 heteroatoms. The molecule has 11 rings (SSSR count). The lowest BCUT2D eigenvalue weighted by atomic mass is 10.0. The number of rotatable bonds is 6. The van der Waals surface area contributed by atoms with E-state index in [1.807, 2.05) is 12.1 Å². The summed E-state index contributed by atoms with van der Waals surface area (Å²) >= 11 is 0. The fraction of sp³-hybridized carbons (Fsp3) is 0. The predicted molar refractivity (Wildman–Crippen MR) is 232 cm³/mol. The number of fused-ring (bicyclic) bond motifs is 6. The Bertz CT molecular complexity index is 3220. The molecule has 0 amide bonds. The summed E-state index contributed by atoms with van der Waals surface area (Å²) in [4.78, 5) is 10.6. The number of nitrogens with zero attached hydrogens (tertiary/aromatic N) is 4. The van der Waals surface area contributed by atoms with Crippen LogP contribution in [0.2, 0.25) is 0 Å². The Balaban J connectivity index is 1.07. The van der Waals surface area contributed by atoms with Gasteiger partial charge in [-0.1, -0.05) is 152 Å². The summed E-state index contributed by atoms with van der Waals surface area (Å²) in [6.45, 7) is 0. The van der Waals surface area contributed by atoms with E-state index in [1.165, 1.54) is 38.5 Å². The molecule has 0 saturated heterocycles. The van der Waals surface area contributed by atoms with Gasteiger partial charge >= 0.3 is 0 Å². The van der Waals surface area contributed by atoms with Gasteiger partial charge in [0.15, 0.2) is 0 Å². The van der Waals surface area contributed by atoms with E-state index in [1.54, 1.807) is 0 Å². The second kappa shape index (κ2) is 13.1. The molecular weight excluding hydrogens is 681 g/mol. The van der Waals surface area contributed by atoms with E-state index >= 15 is 0 Å². The van der Waals surface area contributed by atoms with Crippen molar-refractivity contribution in [2.24, 2.45) is 0 Å². The third kappa shape index (κ3) is 5.31. The van der Waals surface area contributed by atoms with E-state index in [2.05, 4.69) is 203 Å². The lowest BCUT2D eigenvalue weighted by Crippen LogP contribution is -2.04. The van der Waals surface area contributed by atoms with Crippen LogP contribution in [0, 0.1) is 0 Å². The Labute approximate surface area is 324 Å². The second-order valence-electron chi connectivity index (χ2n) is 14.3. The van der Waals surface area contributed by atoms with Gasteiger partial charge in [-0.15, -0.1) is 0 Å². The monoisotopic (exact) mass is 714 g/mol. The van der Waals surface area contributed by atoms with Gasteiger partial charge < -0.3 is 4.57 Å². The third-order valence-electron chi connectivity index (χ3n) is 11.0. The van der Waals surface area contributed by atoms with Crippen molar-refractivity contribution >= 4 is 43.6 Å². The van der Waals surface area contributed by atoms with Crippen LogP contribution in [0.25, 0.3) is 100 Å². The highest BCUT2D eigenvalue weighted by Gasteiger charge is 2.19. The van der Waals surface area contributed by atoms with E-state index in [9.17, 15) is 0 Å². The number of para-hydroxylation sites is 3. The van der Waals surface area contributed by atoms with Crippen LogP contribution in [0.5, 0.6) is 0 Å². The van der Waals surface area contributed by atoms with Crippen LogP contribution in [0.3, 0.4) is 0 Å². The molecule has 11 aromatic rings. The van der Waals surface area contributed by atoms with Gasteiger partial charge in [0.1, 0.15) is 0 Å². The van der Waals surface area contributed by atoms with Crippen molar-refractivity contribution in [3.8, 4) is 56.4 Å². The SMILES string of the molecule is c1ccc(-c2ccc(-c3cc(-c4ccccc4)nc(-n4c5ccccc5c5cc(-c6ccc7c(c6)c6ccccc6n7-c6ccccc6)ccc54)n3)cc2)cc1. The lowest BCUT2D eigenvalue weighted by Gasteiger charge is -2.12. The molecule has 8 aromatic carbocycles. The maximum absolute atomic E-state index is 5.29. The number of hydrogen-bond acceptors (Lipinski definition) is 2.